The quantitative estimate of drug-likeness (QED) is 0.515. The highest BCUT2D eigenvalue weighted by atomic mass is 16.2. The lowest BCUT2D eigenvalue weighted by Gasteiger charge is -2.33. The number of carbonyl (C=O) groups is 1. The molecule has 4 aromatic rings. The molecular formula is C25H22N4O3. The average molecular weight is 426 g/mol. The van der Waals surface area contributed by atoms with Crippen LogP contribution in [0.1, 0.15) is 39.9 Å². The molecule has 0 radical (unpaired) electrons. The number of aromatic nitrogens is 3. The largest absolute Gasteiger partial charge is 0.335 e. The maximum absolute atomic E-state index is 13.6. The highest BCUT2D eigenvalue weighted by molar-refractivity contribution is 5.97. The van der Waals surface area contributed by atoms with Gasteiger partial charge in [0.1, 0.15) is 5.65 Å². The number of nitrogens with zero attached hydrogens (tertiary/aromatic N) is 2. The van der Waals surface area contributed by atoms with E-state index in [0.29, 0.717) is 12.1 Å². The fraction of sp³-hybridized carbons (Fsp3) is 0.200. The van der Waals surface area contributed by atoms with E-state index in [0.717, 1.165) is 12.0 Å². The first-order chi connectivity index (χ1) is 15.5. The Morgan fingerprint density at radius 1 is 1.03 bits per heavy atom. The third kappa shape index (κ3) is 3.41. The minimum absolute atomic E-state index is 0.0204. The van der Waals surface area contributed by atoms with Crippen molar-refractivity contribution in [2.24, 2.45) is 0 Å². The summed E-state index contributed by atoms with van der Waals surface area (Å²) in [4.78, 5) is 48.0. The zero-order chi connectivity index (χ0) is 22.2. The Hall–Kier alpha value is -4.00. The smallest absolute Gasteiger partial charge is 0.327 e. The highest BCUT2D eigenvalue weighted by Crippen LogP contribution is 2.36. The van der Waals surface area contributed by atoms with Gasteiger partial charge in [0.2, 0.25) is 0 Å². The van der Waals surface area contributed by atoms with E-state index in [1.807, 2.05) is 35.2 Å². The SMILES string of the molecule is C[C@@H]1[C@@H](c2ccccc2)c2ccccc2CCN1C(=O)c1cnc2[nH]c(=O)[nH]c(=O)c2c1. The molecule has 0 fully saturated rings. The Morgan fingerprint density at radius 3 is 2.59 bits per heavy atom. The Balaban J connectivity index is 1.58. The second-order valence-electron chi connectivity index (χ2n) is 8.10. The molecule has 0 unspecified atom stereocenters. The molecule has 0 saturated carbocycles. The lowest BCUT2D eigenvalue weighted by atomic mass is 9.83. The summed E-state index contributed by atoms with van der Waals surface area (Å²) in [7, 11) is 0. The Morgan fingerprint density at radius 2 is 1.78 bits per heavy atom. The minimum atomic E-state index is -0.626. The number of benzene rings is 2. The van der Waals surface area contributed by atoms with Crippen LogP contribution < -0.4 is 11.2 Å². The number of pyridine rings is 1. The van der Waals surface area contributed by atoms with E-state index in [-0.39, 0.29) is 28.9 Å². The third-order valence-corrected chi connectivity index (χ3v) is 6.24. The van der Waals surface area contributed by atoms with Crippen molar-refractivity contribution in [1.82, 2.24) is 19.9 Å². The van der Waals surface area contributed by atoms with E-state index in [1.54, 1.807) is 0 Å². The molecule has 32 heavy (non-hydrogen) atoms. The summed E-state index contributed by atoms with van der Waals surface area (Å²) >= 11 is 0. The van der Waals surface area contributed by atoms with Crippen LogP contribution in [0, 0.1) is 0 Å². The number of hydrogen-bond acceptors (Lipinski definition) is 4. The molecule has 0 aliphatic carbocycles. The van der Waals surface area contributed by atoms with Crippen molar-refractivity contribution in [3.05, 3.63) is 110 Å². The van der Waals surface area contributed by atoms with Gasteiger partial charge in [-0.25, -0.2) is 9.78 Å². The fourth-order valence-corrected chi connectivity index (χ4v) is 4.68. The molecule has 0 bridgehead atoms. The van der Waals surface area contributed by atoms with Crippen molar-refractivity contribution >= 4 is 16.9 Å². The normalized spacial score (nSPS) is 18.2. The molecule has 7 heteroatoms. The van der Waals surface area contributed by atoms with Crippen molar-refractivity contribution in [3.8, 4) is 0 Å². The summed E-state index contributed by atoms with van der Waals surface area (Å²) < 4.78 is 0. The zero-order valence-corrected chi connectivity index (χ0v) is 17.5. The van der Waals surface area contributed by atoms with Crippen LogP contribution in [-0.2, 0) is 6.42 Å². The molecule has 7 nitrogen and oxygen atoms in total. The molecule has 1 amide bonds. The summed E-state index contributed by atoms with van der Waals surface area (Å²) in [5, 5.41) is 0.181. The second-order valence-corrected chi connectivity index (χ2v) is 8.10. The number of nitrogens with one attached hydrogen (secondary N) is 2. The van der Waals surface area contributed by atoms with Gasteiger partial charge in [0.25, 0.3) is 11.5 Å². The molecule has 1 aliphatic rings. The van der Waals surface area contributed by atoms with E-state index in [2.05, 4.69) is 46.1 Å². The van der Waals surface area contributed by atoms with Gasteiger partial charge in [0.15, 0.2) is 0 Å². The standard InChI is InChI=1S/C25H22N4O3/c1-15-21(17-8-3-2-4-9-17)19-10-6-5-7-16(19)11-12-29(15)24(31)18-13-20-22(26-14-18)27-25(32)28-23(20)30/h2-10,13-15,21H,11-12H2,1H3,(H2,26,27,28,30,32)/t15-,21+/m1/s1. The highest BCUT2D eigenvalue weighted by Gasteiger charge is 2.34. The van der Waals surface area contributed by atoms with Gasteiger partial charge in [-0.3, -0.25) is 19.6 Å². The van der Waals surface area contributed by atoms with Gasteiger partial charge < -0.3 is 4.90 Å². The van der Waals surface area contributed by atoms with E-state index in [9.17, 15) is 14.4 Å². The van der Waals surface area contributed by atoms with Crippen LogP contribution >= 0.6 is 0 Å². The number of amides is 1. The molecule has 0 saturated heterocycles. The number of rotatable bonds is 2. The number of H-pyrrole nitrogens is 2. The summed E-state index contributed by atoms with van der Waals surface area (Å²) in [6.45, 7) is 2.62. The Kier molecular flexibility index (Phi) is 4.93. The van der Waals surface area contributed by atoms with Crippen LogP contribution in [0.2, 0.25) is 0 Å². The second kappa shape index (κ2) is 7.92. The number of aromatic amines is 2. The molecule has 0 spiro atoms. The van der Waals surface area contributed by atoms with Crippen LogP contribution in [-0.4, -0.2) is 38.3 Å². The lowest BCUT2D eigenvalue weighted by Crippen LogP contribution is -2.42. The maximum Gasteiger partial charge on any atom is 0.327 e. The molecule has 2 aromatic heterocycles. The van der Waals surface area contributed by atoms with Crippen molar-refractivity contribution in [3.63, 3.8) is 0 Å². The van der Waals surface area contributed by atoms with Crippen LogP contribution in [0.15, 0.2) is 76.4 Å². The molecule has 2 atom stereocenters. The van der Waals surface area contributed by atoms with E-state index >= 15 is 0 Å². The van der Waals surface area contributed by atoms with Crippen molar-refractivity contribution in [2.75, 3.05) is 6.54 Å². The third-order valence-electron chi connectivity index (χ3n) is 6.24. The number of hydrogen-bond donors (Lipinski definition) is 2. The Bertz CT molecular complexity index is 1420. The van der Waals surface area contributed by atoms with Crippen LogP contribution in [0.25, 0.3) is 11.0 Å². The van der Waals surface area contributed by atoms with Crippen molar-refractivity contribution < 1.29 is 4.79 Å². The number of fused-ring (bicyclic) bond motifs is 2. The average Bonchev–Trinajstić information content (AvgIpc) is 2.95. The molecule has 2 N–H and O–H groups in total. The van der Waals surface area contributed by atoms with Crippen molar-refractivity contribution in [2.45, 2.75) is 25.3 Å². The van der Waals surface area contributed by atoms with Gasteiger partial charge in [-0.2, -0.15) is 0 Å². The summed E-state index contributed by atoms with van der Waals surface area (Å²) in [6, 6.07) is 19.9. The Labute approximate surface area is 183 Å². The molecule has 1 aliphatic heterocycles. The molecule has 5 rings (SSSR count). The summed E-state index contributed by atoms with van der Waals surface area (Å²) in [5.41, 5.74) is 2.90. The molecule has 2 aromatic carbocycles. The first-order valence-electron chi connectivity index (χ1n) is 10.6. The first-order valence-corrected chi connectivity index (χ1v) is 10.6. The summed E-state index contributed by atoms with van der Waals surface area (Å²) in [5.74, 6) is -0.168. The first kappa shape index (κ1) is 19.9. The van der Waals surface area contributed by atoms with E-state index in [1.165, 1.54) is 23.4 Å². The van der Waals surface area contributed by atoms with Crippen LogP contribution in [0.3, 0.4) is 0 Å². The van der Waals surface area contributed by atoms with Gasteiger partial charge in [-0.15, -0.1) is 0 Å². The molecule has 160 valence electrons. The topological polar surface area (TPSA) is 98.9 Å². The van der Waals surface area contributed by atoms with Gasteiger partial charge >= 0.3 is 5.69 Å². The summed E-state index contributed by atoms with van der Waals surface area (Å²) in [6.07, 6.45) is 2.16. The van der Waals surface area contributed by atoms with Gasteiger partial charge in [-0.05, 0) is 36.1 Å². The number of carbonyl (C=O) groups excluding carboxylic acids is 1. The maximum atomic E-state index is 13.6. The van der Waals surface area contributed by atoms with E-state index < -0.39 is 11.2 Å². The van der Waals surface area contributed by atoms with Gasteiger partial charge in [-0.1, -0.05) is 54.6 Å². The molecular weight excluding hydrogens is 404 g/mol. The monoisotopic (exact) mass is 426 g/mol. The van der Waals surface area contributed by atoms with Gasteiger partial charge in [0, 0.05) is 24.7 Å². The predicted molar refractivity (Wildman–Crippen MR) is 122 cm³/mol. The minimum Gasteiger partial charge on any atom is -0.335 e. The lowest BCUT2D eigenvalue weighted by molar-refractivity contribution is 0.0687. The van der Waals surface area contributed by atoms with E-state index in [4.69, 9.17) is 0 Å². The van der Waals surface area contributed by atoms with Crippen LogP contribution in [0.4, 0.5) is 0 Å². The predicted octanol–water partition coefficient (Wildman–Crippen LogP) is 2.83. The fourth-order valence-electron chi connectivity index (χ4n) is 4.68. The van der Waals surface area contributed by atoms with Crippen LogP contribution in [0.5, 0.6) is 0 Å². The molecule has 3 heterocycles. The van der Waals surface area contributed by atoms with Gasteiger partial charge in [0.05, 0.1) is 10.9 Å². The van der Waals surface area contributed by atoms with Crippen molar-refractivity contribution in [1.29, 1.82) is 0 Å². The zero-order valence-electron chi connectivity index (χ0n) is 17.5.